The molecule has 2 nitrogen and oxygen atoms in total. The van der Waals surface area contributed by atoms with Gasteiger partial charge in [0.2, 0.25) is 0 Å². The number of hydrogen-bond donors (Lipinski definition) is 2. The maximum atomic E-state index is 3.46. The largest absolute Gasteiger partial charge is 0.388 e. The van der Waals surface area contributed by atoms with Gasteiger partial charge in [-0.3, -0.25) is 0 Å². The highest BCUT2D eigenvalue weighted by Gasteiger charge is 2.14. The van der Waals surface area contributed by atoms with Gasteiger partial charge in [-0.1, -0.05) is 111 Å². The number of benzene rings is 3. The number of nitrogens with one attached hydrogen (secondary N) is 2. The average molecular weight is 437 g/mol. The Balaban J connectivity index is 0.00000149. The van der Waals surface area contributed by atoms with Crippen LogP contribution in [-0.2, 0) is 0 Å². The van der Waals surface area contributed by atoms with Crippen molar-refractivity contribution in [1.82, 2.24) is 10.6 Å². The van der Waals surface area contributed by atoms with Crippen molar-refractivity contribution >= 4 is 5.57 Å². The van der Waals surface area contributed by atoms with Gasteiger partial charge in [0.25, 0.3) is 0 Å². The summed E-state index contributed by atoms with van der Waals surface area (Å²) in [5.74, 6) is 0. The highest BCUT2D eigenvalue weighted by molar-refractivity contribution is 5.69. The van der Waals surface area contributed by atoms with Crippen LogP contribution in [0.4, 0.5) is 0 Å². The molecule has 0 bridgehead atoms. The molecule has 170 valence electrons. The normalized spacial score (nSPS) is 14.4. The zero-order chi connectivity index (χ0) is 23.5. The number of allylic oxidation sites excluding steroid dienone is 4. The molecule has 0 radical (unpaired) electrons. The van der Waals surface area contributed by atoms with Crippen molar-refractivity contribution < 1.29 is 0 Å². The van der Waals surface area contributed by atoms with Gasteiger partial charge < -0.3 is 10.6 Å². The van der Waals surface area contributed by atoms with Gasteiger partial charge in [-0.25, -0.2) is 0 Å². The summed E-state index contributed by atoms with van der Waals surface area (Å²) in [7, 11) is 4.02. The highest BCUT2D eigenvalue weighted by Crippen LogP contribution is 2.30. The molecule has 2 N–H and O–H groups in total. The molecule has 1 unspecified atom stereocenters. The molecule has 0 fully saturated rings. The first-order valence-electron chi connectivity index (χ1n) is 12.0. The third kappa shape index (κ3) is 6.34. The molecule has 0 saturated heterocycles. The van der Waals surface area contributed by atoms with Crippen LogP contribution >= 0.6 is 0 Å². The van der Waals surface area contributed by atoms with Crippen LogP contribution in [0.1, 0.15) is 43.9 Å². The summed E-state index contributed by atoms with van der Waals surface area (Å²) >= 11 is 0. The van der Waals surface area contributed by atoms with E-state index in [2.05, 4.69) is 114 Å². The van der Waals surface area contributed by atoms with E-state index in [1.165, 1.54) is 39.1 Å². The molecule has 1 aliphatic carbocycles. The van der Waals surface area contributed by atoms with E-state index in [0.717, 1.165) is 12.8 Å². The van der Waals surface area contributed by atoms with Crippen LogP contribution in [0.3, 0.4) is 0 Å². The summed E-state index contributed by atoms with van der Waals surface area (Å²) in [5, 5.41) is 6.88. The maximum Gasteiger partial charge on any atom is 0.0526 e. The van der Waals surface area contributed by atoms with Gasteiger partial charge in [-0.2, -0.15) is 0 Å². The van der Waals surface area contributed by atoms with Gasteiger partial charge in [0.05, 0.1) is 6.04 Å². The quantitative estimate of drug-likeness (QED) is 0.399. The van der Waals surface area contributed by atoms with Crippen LogP contribution in [-0.4, -0.2) is 14.1 Å². The Kier molecular flexibility index (Phi) is 9.29. The molecule has 1 aliphatic rings. The lowest BCUT2D eigenvalue weighted by Gasteiger charge is -2.20. The predicted molar refractivity (Wildman–Crippen MR) is 144 cm³/mol. The van der Waals surface area contributed by atoms with Gasteiger partial charge in [-0.15, -0.1) is 0 Å². The molecule has 1 atom stereocenters. The molecule has 0 saturated carbocycles. The predicted octanol–water partition coefficient (Wildman–Crippen LogP) is 7.55. The monoisotopic (exact) mass is 436 g/mol. The van der Waals surface area contributed by atoms with Crippen LogP contribution < -0.4 is 10.6 Å². The second kappa shape index (κ2) is 12.6. The van der Waals surface area contributed by atoms with Crippen molar-refractivity contribution in [2.45, 2.75) is 32.7 Å². The van der Waals surface area contributed by atoms with E-state index in [9.17, 15) is 0 Å². The second-order valence-electron chi connectivity index (χ2n) is 7.83. The number of rotatable bonds is 7. The SMILES string of the molecule is CC.CN/C(=C\C(NC)c1ccc(-c2ccccc2)cc1)C1=CC=C(c2ccccc2)CC1. The van der Waals surface area contributed by atoms with E-state index in [0.29, 0.717) is 0 Å². The zero-order valence-corrected chi connectivity index (χ0v) is 20.3. The molecule has 0 spiro atoms. The second-order valence-corrected chi connectivity index (χ2v) is 7.83. The summed E-state index contributed by atoms with van der Waals surface area (Å²) in [6, 6.07) is 30.2. The van der Waals surface area contributed by atoms with Crippen molar-refractivity contribution in [3.63, 3.8) is 0 Å². The standard InChI is InChI=1S/C29H30N2.C2H6/c1-30-28(26-17-13-24(14-18-26)22-9-5-3-6-10-22)21-29(31-2)27-19-15-25(16-20-27)23-11-7-4-8-12-23;1-2/h3-15,17-19,21,28,30-31H,16,20H2,1-2H3;1-2H3/b29-21-;. The molecule has 4 rings (SSSR count). The summed E-state index contributed by atoms with van der Waals surface area (Å²) in [6.45, 7) is 4.00. The summed E-state index contributed by atoms with van der Waals surface area (Å²) < 4.78 is 0. The summed E-state index contributed by atoms with van der Waals surface area (Å²) in [5.41, 5.74) is 9.01. The molecule has 0 aromatic heterocycles. The molecule has 2 heteroatoms. The van der Waals surface area contributed by atoms with Crippen LogP contribution in [0.25, 0.3) is 16.7 Å². The Hall–Kier alpha value is -3.36. The van der Waals surface area contributed by atoms with Crippen molar-refractivity contribution in [3.8, 4) is 11.1 Å². The Labute approximate surface area is 199 Å². The molecule has 3 aromatic rings. The van der Waals surface area contributed by atoms with Crippen molar-refractivity contribution in [3.05, 3.63) is 126 Å². The lowest BCUT2D eigenvalue weighted by molar-refractivity contribution is 0.702. The van der Waals surface area contributed by atoms with Crippen molar-refractivity contribution in [1.29, 1.82) is 0 Å². The van der Waals surface area contributed by atoms with E-state index in [1.54, 1.807) is 0 Å². The topological polar surface area (TPSA) is 24.1 Å². The fourth-order valence-corrected chi connectivity index (χ4v) is 4.13. The molecule has 3 aromatic carbocycles. The van der Waals surface area contributed by atoms with Crippen LogP contribution in [0, 0.1) is 0 Å². The van der Waals surface area contributed by atoms with Crippen LogP contribution in [0.2, 0.25) is 0 Å². The fraction of sp³-hybridized carbons (Fsp3) is 0.226. The lowest BCUT2D eigenvalue weighted by Crippen LogP contribution is -2.18. The van der Waals surface area contributed by atoms with Crippen molar-refractivity contribution in [2.75, 3.05) is 14.1 Å². The van der Waals surface area contributed by atoms with Gasteiger partial charge in [0, 0.05) is 12.7 Å². The smallest absolute Gasteiger partial charge is 0.0526 e. The van der Waals surface area contributed by atoms with Gasteiger partial charge in [0.15, 0.2) is 0 Å². The Morgan fingerprint density at radius 2 is 1.27 bits per heavy atom. The summed E-state index contributed by atoms with van der Waals surface area (Å²) in [6.07, 6.45) is 8.92. The van der Waals surface area contributed by atoms with E-state index in [-0.39, 0.29) is 6.04 Å². The molecule has 0 amide bonds. The lowest BCUT2D eigenvalue weighted by atomic mass is 9.91. The molecule has 33 heavy (non-hydrogen) atoms. The number of likely N-dealkylation sites (N-methyl/N-ethyl adjacent to an activating group) is 2. The van der Waals surface area contributed by atoms with Gasteiger partial charge in [-0.05, 0) is 59.4 Å². The molecule has 0 heterocycles. The van der Waals surface area contributed by atoms with E-state index < -0.39 is 0 Å². The first kappa shape index (κ1) is 24.3. The van der Waals surface area contributed by atoms with Gasteiger partial charge in [0.1, 0.15) is 0 Å². The first-order valence-corrected chi connectivity index (χ1v) is 12.0. The van der Waals surface area contributed by atoms with E-state index in [1.807, 2.05) is 27.9 Å². The Morgan fingerprint density at radius 3 is 1.79 bits per heavy atom. The first-order chi connectivity index (χ1) is 16.3. The third-order valence-corrected chi connectivity index (χ3v) is 5.93. The highest BCUT2D eigenvalue weighted by atomic mass is 14.9. The zero-order valence-electron chi connectivity index (χ0n) is 20.3. The Bertz CT molecular complexity index is 1070. The van der Waals surface area contributed by atoms with Crippen LogP contribution in [0.15, 0.2) is 114 Å². The minimum absolute atomic E-state index is 0.146. The fourth-order valence-electron chi connectivity index (χ4n) is 4.13. The molecule has 0 aliphatic heterocycles. The Morgan fingerprint density at radius 1 is 0.697 bits per heavy atom. The van der Waals surface area contributed by atoms with E-state index in [4.69, 9.17) is 0 Å². The van der Waals surface area contributed by atoms with Crippen molar-refractivity contribution in [2.24, 2.45) is 0 Å². The molecular formula is C31H36N2. The number of hydrogen-bond acceptors (Lipinski definition) is 2. The minimum atomic E-state index is 0.146. The molecular weight excluding hydrogens is 400 g/mol. The third-order valence-electron chi connectivity index (χ3n) is 5.93. The summed E-state index contributed by atoms with van der Waals surface area (Å²) in [4.78, 5) is 0. The average Bonchev–Trinajstić information content (AvgIpc) is 2.92. The maximum absolute atomic E-state index is 3.46. The van der Waals surface area contributed by atoms with Gasteiger partial charge >= 0.3 is 0 Å². The minimum Gasteiger partial charge on any atom is -0.388 e. The van der Waals surface area contributed by atoms with E-state index >= 15 is 0 Å². The van der Waals surface area contributed by atoms with Crippen LogP contribution in [0.5, 0.6) is 0 Å².